The number of hydrogen-bond acceptors (Lipinski definition) is 7. The number of hydrogen-bond donors (Lipinski definition) is 2. The predicted octanol–water partition coefficient (Wildman–Crippen LogP) is 1.55. The number of rotatable bonds is 7. The Balaban J connectivity index is 1.46. The quantitative estimate of drug-likeness (QED) is 0.553. The number of ether oxygens (including phenoxy) is 1. The molecule has 3 aromatic rings. The monoisotopic (exact) mass is 450 g/mol. The van der Waals surface area contributed by atoms with Gasteiger partial charge in [0.25, 0.3) is 11.9 Å². The lowest BCUT2D eigenvalue weighted by Crippen LogP contribution is -2.49. The second kappa shape index (κ2) is 9.07. The molecule has 11 heteroatoms. The highest BCUT2D eigenvalue weighted by Gasteiger charge is 2.32. The highest BCUT2D eigenvalue weighted by Crippen LogP contribution is 2.44. The van der Waals surface area contributed by atoms with Crippen molar-refractivity contribution in [3.63, 3.8) is 0 Å². The maximum atomic E-state index is 12.8. The van der Waals surface area contributed by atoms with Crippen LogP contribution in [0.5, 0.6) is 0 Å². The molecule has 0 saturated carbocycles. The van der Waals surface area contributed by atoms with Crippen LogP contribution in [0.25, 0.3) is 11.1 Å². The maximum Gasteiger partial charge on any atom is 0.407 e. The molecule has 1 unspecified atom stereocenters. The van der Waals surface area contributed by atoms with Gasteiger partial charge in [-0.3, -0.25) is 14.5 Å². The fourth-order valence-corrected chi connectivity index (χ4v) is 4.00. The number of carboxylic acids is 1. The topological polar surface area (TPSA) is 140 Å². The van der Waals surface area contributed by atoms with Crippen molar-refractivity contribution in [3.05, 3.63) is 59.7 Å². The van der Waals surface area contributed by atoms with Crippen LogP contribution in [0.3, 0.4) is 0 Å². The molecule has 2 amide bonds. The van der Waals surface area contributed by atoms with Crippen molar-refractivity contribution in [2.75, 3.05) is 18.6 Å². The average Bonchev–Trinajstić information content (AvgIpc) is 3.37. The zero-order chi connectivity index (χ0) is 23.5. The molecule has 0 saturated heterocycles. The summed E-state index contributed by atoms with van der Waals surface area (Å²) in [4.78, 5) is 37.8. The highest BCUT2D eigenvalue weighted by atomic mass is 16.5. The SMILES string of the molecule is CN(C(=O)C(CC(=O)O)NC(=O)OCC1c2ccccc2-c2ccccc21)c1nnnn1C. The summed E-state index contributed by atoms with van der Waals surface area (Å²) in [6.45, 7) is 0.0386. The van der Waals surface area contributed by atoms with Crippen LogP contribution in [0.15, 0.2) is 48.5 Å². The summed E-state index contributed by atoms with van der Waals surface area (Å²) in [6, 6.07) is 14.4. The first-order valence-corrected chi connectivity index (χ1v) is 10.2. The molecule has 1 aromatic heterocycles. The summed E-state index contributed by atoms with van der Waals surface area (Å²) < 4.78 is 6.69. The Morgan fingerprint density at radius 2 is 1.73 bits per heavy atom. The third-order valence-corrected chi connectivity index (χ3v) is 5.54. The second-order valence-electron chi connectivity index (χ2n) is 7.62. The Kier molecular flexibility index (Phi) is 6.03. The van der Waals surface area contributed by atoms with E-state index in [0.29, 0.717) is 0 Å². The number of anilines is 1. The number of aliphatic carboxylic acids is 1. The molecule has 0 fully saturated rings. The summed E-state index contributed by atoms with van der Waals surface area (Å²) in [6.07, 6.45) is -1.51. The first-order valence-electron chi connectivity index (χ1n) is 10.2. The molecule has 2 aromatic carbocycles. The van der Waals surface area contributed by atoms with Crippen molar-refractivity contribution in [2.45, 2.75) is 18.4 Å². The molecule has 33 heavy (non-hydrogen) atoms. The van der Waals surface area contributed by atoms with Gasteiger partial charge in [0.05, 0.1) is 6.42 Å². The molecule has 0 bridgehead atoms. The van der Waals surface area contributed by atoms with Gasteiger partial charge in [-0.05, 0) is 32.7 Å². The molecule has 2 N–H and O–H groups in total. The van der Waals surface area contributed by atoms with Crippen LogP contribution in [0.2, 0.25) is 0 Å². The van der Waals surface area contributed by atoms with E-state index in [2.05, 4.69) is 20.8 Å². The summed E-state index contributed by atoms with van der Waals surface area (Å²) in [5.74, 6) is -2.01. The van der Waals surface area contributed by atoms with Gasteiger partial charge in [-0.2, -0.15) is 0 Å². The second-order valence-corrected chi connectivity index (χ2v) is 7.62. The molecule has 170 valence electrons. The first kappa shape index (κ1) is 21.9. The van der Waals surface area contributed by atoms with Gasteiger partial charge < -0.3 is 15.2 Å². The van der Waals surface area contributed by atoms with Gasteiger partial charge >= 0.3 is 12.1 Å². The number of nitrogens with zero attached hydrogens (tertiary/aromatic N) is 5. The van der Waals surface area contributed by atoms with Crippen LogP contribution in [0, 0.1) is 0 Å². The van der Waals surface area contributed by atoms with Gasteiger partial charge in [0, 0.05) is 20.0 Å². The van der Waals surface area contributed by atoms with Gasteiger partial charge in [-0.25, -0.2) is 9.48 Å². The van der Waals surface area contributed by atoms with Gasteiger partial charge in [0.2, 0.25) is 0 Å². The summed E-state index contributed by atoms with van der Waals surface area (Å²) in [5, 5.41) is 22.4. The number of alkyl carbamates (subject to hydrolysis) is 1. The van der Waals surface area contributed by atoms with E-state index in [1.165, 1.54) is 18.8 Å². The molecule has 1 heterocycles. The zero-order valence-corrected chi connectivity index (χ0v) is 18.0. The van der Waals surface area contributed by atoms with E-state index in [1.54, 1.807) is 0 Å². The van der Waals surface area contributed by atoms with E-state index in [9.17, 15) is 19.5 Å². The standard InChI is InChI=1S/C22H22N6O5/c1-27(21-24-25-26-28(21)2)20(31)18(11-19(29)30)23-22(32)33-12-17-15-9-5-3-7-13(15)14-8-4-6-10-16(14)17/h3-10,17-18H,11-12H2,1-2H3,(H,23,32)(H,29,30). The Labute approximate surface area is 189 Å². The molecule has 1 atom stereocenters. The lowest BCUT2D eigenvalue weighted by Gasteiger charge is -2.22. The maximum absolute atomic E-state index is 12.8. The minimum Gasteiger partial charge on any atom is -0.481 e. The van der Waals surface area contributed by atoms with E-state index in [-0.39, 0.29) is 18.5 Å². The fraction of sp³-hybridized carbons (Fsp3) is 0.273. The number of aryl methyl sites for hydroxylation is 1. The van der Waals surface area contributed by atoms with E-state index in [1.807, 2.05) is 48.5 Å². The number of carbonyl (C=O) groups excluding carboxylic acids is 2. The van der Waals surface area contributed by atoms with Crippen LogP contribution in [0.1, 0.15) is 23.5 Å². The van der Waals surface area contributed by atoms with Gasteiger partial charge in [-0.1, -0.05) is 53.6 Å². The molecule has 11 nitrogen and oxygen atoms in total. The third-order valence-electron chi connectivity index (χ3n) is 5.54. The number of nitrogens with one attached hydrogen (secondary N) is 1. The predicted molar refractivity (Wildman–Crippen MR) is 116 cm³/mol. The van der Waals surface area contributed by atoms with Crippen LogP contribution < -0.4 is 10.2 Å². The average molecular weight is 450 g/mol. The summed E-state index contributed by atoms with van der Waals surface area (Å²) >= 11 is 0. The molecule has 1 aliphatic carbocycles. The Hall–Kier alpha value is -4.28. The number of amides is 2. The van der Waals surface area contributed by atoms with Crippen LogP contribution in [-0.4, -0.2) is 63.0 Å². The Bertz CT molecular complexity index is 1160. The fourth-order valence-electron chi connectivity index (χ4n) is 4.00. The minimum atomic E-state index is -1.36. The van der Waals surface area contributed by atoms with Crippen molar-refractivity contribution < 1.29 is 24.2 Å². The van der Waals surface area contributed by atoms with E-state index in [4.69, 9.17) is 4.74 Å². The molecule has 4 rings (SSSR count). The van der Waals surface area contributed by atoms with Crippen molar-refractivity contribution >= 4 is 23.9 Å². The number of likely N-dealkylation sites (N-methyl/N-ethyl adjacent to an activating group) is 1. The van der Waals surface area contributed by atoms with E-state index >= 15 is 0 Å². The normalized spacial score (nSPS) is 13.0. The van der Waals surface area contributed by atoms with Crippen LogP contribution >= 0.6 is 0 Å². The lowest BCUT2D eigenvalue weighted by molar-refractivity contribution is -0.139. The van der Waals surface area contributed by atoms with Gasteiger partial charge in [0.15, 0.2) is 0 Å². The highest BCUT2D eigenvalue weighted by molar-refractivity contribution is 5.98. The van der Waals surface area contributed by atoms with Crippen molar-refractivity contribution in [3.8, 4) is 11.1 Å². The lowest BCUT2D eigenvalue weighted by atomic mass is 9.98. The number of benzene rings is 2. The largest absolute Gasteiger partial charge is 0.481 e. The summed E-state index contributed by atoms with van der Waals surface area (Å²) in [5.41, 5.74) is 4.25. The van der Waals surface area contributed by atoms with E-state index in [0.717, 1.165) is 27.2 Å². The first-order chi connectivity index (χ1) is 15.9. The molecular weight excluding hydrogens is 428 g/mol. The molecular formula is C22H22N6O5. The number of aromatic nitrogens is 4. The van der Waals surface area contributed by atoms with Gasteiger partial charge in [0.1, 0.15) is 12.6 Å². The van der Waals surface area contributed by atoms with Crippen molar-refractivity contribution in [2.24, 2.45) is 7.05 Å². The van der Waals surface area contributed by atoms with E-state index < -0.39 is 30.4 Å². The Morgan fingerprint density at radius 3 is 2.27 bits per heavy atom. The van der Waals surface area contributed by atoms with Crippen molar-refractivity contribution in [1.29, 1.82) is 0 Å². The molecule has 0 spiro atoms. The summed E-state index contributed by atoms with van der Waals surface area (Å²) in [7, 11) is 2.92. The molecule has 0 radical (unpaired) electrons. The molecule has 0 aliphatic heterocycles. The number of carbonyl (C=O) groups is 3. The zero-order valence-electron chi connectivity index (χ0n) is 18.0. The Morgan fingerprint density at radius 1 is 1.12 bits per heavy atom. The van der Waals surface area contributed by atoms with Crippen LogP contribution in [0.4, 0.5) is 10.7 Å². The van der Waals surface area contributed by atoms with Crippen molar-refractivity contribution in [1.82, 2.24) is 25.5 Å². The minimum absolute atomic E-state index is 0.0386. The smallest absolute Gasteiger partial charge is 0.407 e. The number of carboxylic acid groups (broad SMARTS) is 1. The third kappa shape index (κ3) is 4.38. The van der Waals surface area contributed by atoms with Gasteiger partial charge in [-0.15, -0.1) is 0 Å². The van der Waals surface area contributed by atoms with Crippen LogP contribution in [-0.2, 0) is 21.4 Å². The number of tetrazole rings is 1. The molecule has 1 aliphatic rings. The number of fused-ring (bicyclic) bond motifs is 3.